The molecule has 1 aliphatic heterocycles. The largest absolute Gasteiger partial charge is 0.390 e. The lowest BCUT2D eigenvalue weighted by molar-refractivity contribution is 0.144. The Hall–Kier alpha value is -0.910. The molecular formula is C9H16N4O. The summed E-state index contributed by atoms with van der Waals surface area (Å²) in [6.07, 6.45) is 5.06. The monoisotopic (exact) mass is 196 g/mol. The third kappa shape index (κ3) is 1.79. The SMILES string of the molecule is NCCN1C[C@@H](n2ccnc2)[C@@H](O)C1. The molecule has 1 fully saturated rings. The summed E-state index contributed by atoms with van der Waals surface area (Å²) in [6.45, 7) is 3.06. The fraction of sp³-hybridized carbons (Fsp3) is 0.667. The number of aliphatic hydroxyl groups excluding tert-OH is 1. The Kier molecular flexibility index (Phi) is 2.81. The molecule has 0 saturated carbocycles. The van der Waals surface area contributed by atoms with Crippen molar-refractivity contribution in [3.8, 4) is 0 Å². The molecule has 5 nitrogen and oxygen atoms in total. The molecule has 2 atom stereocenters. The second kappa shape index (κ2) is 4.08. The number of hydrogen-bond donors (Lipinski definition) is 2. The summed E-state index contributed by atoms with van der Waals surface area (Å²) >= 11 is 0. The van der Waals surface area contributed by atoms with Crippen molar-refractivity contribution in [2.45, 2.75) is 12.1 Å². The van der Waals surface area contributed by atoms with E-state index >= 15 is 0 Å². The Balaban J connectivity index is 2.01. The van der Waals surface area contributed by atoms with Gasteiger partial charge in [0.2, 0.25) is 0 Å². The van der Waals surface area contributed by atoms with Gasteiger partial charge in [-0.1, -0.05) is 0 Å². The van der Waals surface area contributed by atoms with Crippen molar-refractivity contribution in [3.63, 3.8) is 0 Å². The highest BCUT2D eigenvalue weighted by atomic mass is 16.3. The van der Waals surface area contributed by atoms with Gasteiger partial charge in [0.1, 0.15) is 0 Å². The quantitative estimate of drug-likeness (QED) is 0.654. The number of imidazole rings is 1. The van der Waals surface area contributed by atoms with Crippen molar-refractivity contribution in [2.75, 3.05) is 26.2 Å². The Morgan fingerprint density at radius 3 is 3.00 bits per heavy atom. The minimum Gasteiger partial charge on any atom is -0.390 e. The smallest absolute Gasteiger partial charge is 0.0949 e. The molecule has 0 aliphatic carbocycles. The Bertz CT molecular complexity index is 274. The van der Waals surface area contributed by atoms with E-state index in [1.165, 1.54) is 0 Å². The predicted molar refractivity (Wildman–Crippen MR) is 52.8 cm³/mol. The zero-order chi connectivity index (χ0) is 9.97. The Labute approximate surface area is 83.1 Å². The van der Waals surface area contributed by atoms with Crippen LogP contribution in [-0.4, -0.2) is 51.8 Å². The Morgan fingerprint density at radius 1 is 1.50 bits per heavy atom. The number of rotatable bonds is 3. The third-order valence-electron chi connectivity index (χ3n) is 2.69. The van der Waals surface area contributed by atoms with Crippen molar-refractivity contribution in [3.05, 3.63) is 18.7 Å². The number of nitrogens with zero attached hydrogens (tertiary/aromatic N) is 3. The maximum Gasteiger partial charge on any atom is 0.0949 e. The van der Waals surface area contributed by atoms with Crippen LogP contribution in [0.15, 0.2) is 18.7 Å². The van der Waals surface area contributed by atoms with Crippen molar-refractivity contribution in [2.24, 2.45) is 5.73 Å². The summed E-state index contributed by atoms with van der Waals surface area (Å²) in [7, 11) is 0. The summed E-state index contributed by atoms with van der Waals surface area (Å²) in [5.41, 5.74) is 5.48. The van der Waals surface area contributed by atoms with Gasteiger partial charge < -0.3 is 15.4 Å². The molecule has 0 radical (unpaired) electrons. The van der Waals surface area contributed by atoms with Gasteiger partial charge in [0, 0.05) is 38.6 Å². The topological polar surface area (TPSA) is 67.3 Å². The van der Waals surface area contributed by atoms with Crippen LogP contribution < -0.4 is 5.73 Å². The van der Waals surface area contributed by atoms with Crippen molar-refractivity contribution in [1.29, 1.82) is 0 Å². The lowest BCUT2D eigenvalue weighted by Crippen LogP contribution is -2.28. The molecule has 0 amide bonds. The standard InChI is InChI=1S/C9H16N4O/c10-1-3-12-5-8(9(14)6-12)13-4-2-11-7-13/h2,4,7-9,14H,1,3,5-6,10H2/t8-,9+/m1/s1. The van der Waals surface area contributed by atoms with Crippen LogP contribution in [0.2, 0.25) is 0 Å². The van der Waals surface area contributed by atoms with Crippen LogP contribution in [0.4, 0.5) is 0 Å². The second-order valence-corrected chi connectivity index (χ2v) is 3.69. The number of aromatic nitrogens is 2. The minimum atomic E-state index is -0.309. The molecule has 1 saturated heterocycles. The number of nitrogens with two attached hydrogens (primary N) is 1. The second-order valence-electron chi connectivity index (χ2n) is 3.69. The molecule has 2 rings (SSSR count). The highest BCUT2D eigenvalue weighted by Gasteiger charge is 2.31. The van der Waals surface area contributed by atoms with E-state index < -0.39 is 0 Å². The molecule has 78 valence electrons. The molecule has 1 aromatic heterocycles. The molecule has 3 N–H and O–H groups in total. The van der Waals surface area contributed by atoms with Crippen LogP contribution in [-0.2, 0) is 0 Å². The average Bonchev–Trinajstić information content (AvgIpc) is 2.74. The molecule has 2 heterocycles. The number of likely N-dealkylation sites (tertiary alicyclic amines) is 1. The first-order valence-electron chi connectivity index (χ1n) is 4.89. The summed E-state index contributed by atoms with van der Waals surface area (Å²) in [4.78, 5) is 6.16. The molecule has 1 aliphatic rings. The van der Waals surface area contributed by atoms with Gasteiger partial charge in [-0.25, -0.2) is 4.98 Å². The Morgan fingerprint density at radius 2 is 2.36 bits per heavy atom. The van der Waals surface area contributed by atoms with Gasteiger partial charge in [-0.2, -0.15) is 0 Å². The molecular weight excluding hydrogens is 180 g/mol. The predicted octanol–water partition coefficient (Wildman–Crippen LogP) is -0.941. The first kappa shape index (κ1) is 9.64. The van der Waals surface area contributed by atoms with E-state index in [1.807, 2.05) is 10.8 Å². The highest BCUT2D eigenvalue weighted by Crippen LogP contribution is 2.21. The van der Waals surface area contributed by atoms with Crippen molar-refractivity contribution >= 4 is 0 Å². The van der Waals surface area contributed by atoms with E-state index in [1.54, 1.807) is 12.5 Å². The third-order valence-corrected chi connectivity index (χ3v) is 2.69. The summed E-state index contributed by atoms with van der Waals surface area (Å²) in [5, 5.41) is 9.83. The van der Waals surface area contributed by atoms with Crippen LogP contribution in [0.25, 0.3) is 0 Å². The van der Waals surface area contributed by atoms with Gasteiger partial charge in [-0.05, 0) is 0 Å². The van der Waals surface area contributed by atoms with E-state index in [9.17, 15) is 5.11 Å². The maximum absolute atomic E-state index is 9.83. The lowest BCUT2D eigenvalue weighted by Gasteiger charge is -2.15. The van der Waals surface area contributed by atoms with Gasteiger partial charge in [-0.15, -0.1) is 0 Å². The molecule has 0 spiro atoms. The van der Waals surface area contributed by atoms with Gasteiger partial charge in [0.25, 0.3) is 0 Å². The minimum absolute atomic E-state index is 0.129. The molecule has 1 aromatic rings. The zero-order valence-electron chi connectivity index (χ0n) is 8.08. The van der Waals surface area contributed by atoms with Crippen molar-refractivity contribution < 1.29 is 5.11 Å². The normalized spacial score (nSPS) is 28.4. The van der Waals surface area contributed by atoms with E-state index in [0.717, 1.165) is 13.1 Å². The van der Waals surface area contributed by atoms with Crippen LogP contribution in [0.1, 0.15) is 6.04 Å². The number of hydrogen-bond acceptors (Lipinski definition) is 4. The lowest BCUT2D eigenvalue weighted by atomic mass is 10.2. The van der Waals surface area contributed by atoms with Crippen LogP contribution in [0, 0.1) is 0 Å². The molecule has 0 aromatic carbocycles. The molecule has 0 unspecified atom stereocenters. The van der Waals surface area contributed by atoms with Crippen LogP contribution in [0.5, 0.6) is 0 Å². The summed E-state index contributed by atoms with van der Waals surface area (Å²) in [5.74, 6) is 0. The first-order valence-corrected chi connectivity index (χ1v) is 4.89. The van der Waals surface area contributed by atoms with E-state index in [4.69, 9.17) is 5.73 Å². The molecule has 0 bridgehead atoms. The number of β-amino-alcohol motifs (C(OH)–C–C–N with tert-alkyl or cyclic N) is 1. The fourth-order valence-electron chi connectivity index (χ4n) is 1.97. The average molecular weight is 196 g/mol. The van der Waals surface area contributed by atoms with Crippen molar-refractivity contribution in [1.82, 2.24) is 14.5 Å². The molecule has 14 heavy (non-hydrogen) atoms. The van der Waals surface area contributed by atoms with E-state index in [0.29, 0.717) is 13.1 Å². The number of aliphatic hydroxyl groups is 1. The van der Waals surface area contributed by atoms with Gasteiger partial charge in [-0.3, -0.25) is 4.90 Å². The molecule has 5 heteroatoms. The zero-order valence-corrected chi connectivity index (χ0v) is 8.08. The van der Waals surface area contributed by atoms with Crippen LogP contribution in [0.3, 0.4) is 0 Å². The maximum atomic E-state index is 9.83. The summed E-state index contributed by atoms with van der Waals surface area (Å²) < 4.78 is 1.96. The van der Waals surface area contributed by atoms with Gasteiger partial charge in [0.05, 0.1) is 18.5 Å². The van der Waals surface area contributed by atoms with Crippen LogP contribution >= 0.6 is 0 Å². The van der Waals surface area contributed by atoms with Gasteiger partial charge in [0.15, 0.2) is 0 Å². The first-order chi connectivity index (χ1) is 6.81. The van der Waals surface area contributed by atoms with Gasteiger partial charge >= 0.3 is 0 Å². The fourth-order valence-corrected chi connectivity index (χ4v) is 1.97. The van der Waals surface area contributed by atoms with E-state index in [2.05, 4.69) is 9.88 Å². The van der Waals surface area contributed by atoms with E-state index in [-0.39, 0.29) is 12.1 Å². The summed E-state index contributed by atoms with van der Waals surface area (Å²) in [6, 6.07) is 0.129. The highest BCUT2D eigenvalue weighted by molar-refractivity contribution is 4.92.